The summed E-state index contributed by atoms with van der Waals surface area (Å²) in [6.45, 7) is 3.77. The molecule has 0 atom stereocenters. The maximum Gasteiger partial charge on any atom is 0.329 e. The molecule has 1 heterocycles. The Morgan fingerprint density at radius 3 is 2.69 bits per heavy atom. The quantitative estimate of drug-likeness (QED) is 0.197. The van der Waals surface area contributed by atoms with E-state index < -0.39 is 16.9 Å². The molecule has 1 aliphatic heterocycles. The van der Waals surface area contributed by atoms with E-state index in [0.29, 0.717) is 16.9 Å². The molecule has 0 bridgehead atoms. The standard InChI is InChI=1S/C24H19N3O5/c1-2-12-26-23(28)21(25-24(26)29)14-20-19-9-4-3-7-17(19)10-11-22(20)32-15-16-6-5-8-18(13-16)27(30)31/h2-11,13-14H,1,12,15H2,(H,25,29)/b21-14+. The first kappa shape index (κ1) is 20.8. The van der Waals surface area contributed by atoms with Gasteiger partial charge in [0.1, 0.15) is 18.1 Å². The molecule has 160 valence electrons. The molecule has 0 aliphatic carbocycles. The molecule has 3 amide bonds. The predicted octanol–water partition coefficient (Wildman–Crippen LogP) is 4.41. The molecule has 1 fully saturated rings. The molecule has 3 aromatic rings. The normalized spacial score (nSPS) is 14.6. The van der Waals surface area contributed by atoms with E-state index in [0.717, 1.165) is 15.7 Å². The van der Waals surface area contributed by atoms with Crippen molar-refractivity contribution in [2.45, 2.75) is 6.61 Å². The third kappa shape index (κ3) is 4.06. The Morgan fingerprint density at radius 2 is 1.91 bits per heavy atom. The number of rotatable bonds is 7. The van der Waals surface area contributed by atoms with Gasteiger partial charge in [0.25, 0.3) is 11.6 Å². The summed E-state index contributed by atoms with van der Waals surface area (Å²) in [5.74, 6) is 0.0272. The zero-order chi connectivity index (χ0) is 22.7. The van der Waals surface area contributed by atoms with Gasteiger partial charge in [0, 0.05) is 24.2 Å². The summed E-state index contributed by atoms with van der Waals surface area (Å²) in [5.41, 5.74) is 1.37. The van der Waals surface area contributed by atoms with Crippen LogP contribution in [0.15, 0.2) is 79.0 Å². The highest BCUT2D eigenvalue weighted by Crippen LogP contribution is 2.31. The number of hydrogen-bond acceptors (Lipinski definition) is 5. The number of urea groups is 1. The highest BCUT2D eigenvalue weighted by atomic mass is 16.6. The summed E-state index contributed by atoms with van der Waals surface area (Å²) in [6, 6.07) is 16.9. The van der Waals surface area contributed by atoms with Crippen LogP contribution in [0.5, 0.6) is 5.75 Å². The predicted molar refractivity (Wildman–Crippen MR) is 120 cm³/mol. The molecule has 1 N–H and O–H groups in total. The number of hydrogen-bond donors (Lipinski definition) is 1. The number of nitrogens with one attached hydrogen (secondary N) is 1. The Morgan fingerprint density at radius 1 is 1.09 bits per heavy atom. The van der Waals surface area contributed by atoms with Crippen LogP contribution in [0.2, 0.25) is 0 Å². The second-order valence-electron chi connectivity index (χ2n) is 7.11. The van der Waals surface area contributed by atoms with Crippen LogP contribution >= 0.6 is 0 Å². The largest absolute Gasteiger partial charge is 0.488 e. The average molecular weight is 429 g/mol. The van der Waals surface area contributed by atoms with Crippen molar-refractivity contribution >= 4 is 34.5 Å². The molecule has 0 aromatic heterocycles. The molecule has 4 rings (SSSR count). The molecule has 1 aliphatic rings. The first-order valence-corrected chi connectivity index (χ1v) is 9.81. The van der Waals surface area contributed by atoms with Gasteiger partial charge in [-0.3, -0.25) is 19.8 Å². The number of fused-ring (bicyclic) bond motifs is 1. The van der Waals surface area contributed by atoms with Gasteiger partial charge in [0.2, 0.25) is 0 Å². The summed E-state index contributed by atoms with van der Waals surface area (Å²) < 4.78 is 5.99. The third-order valence-electron chi connectivity index (χ3n) is 5.01. The van der Waals surface area contributed by atoms with E-state index in [1.165, 1.54) is 18.2 Å². The van der Waals surface area contributed by atoms with Gasteiger partial charge in [-0.05, 0) is 28.5 Å². The van der Waals surface area contributed by atoms with Crippen molar-refractivity contribution in [2.75, 3.05) is 6.54 Å². The zero-order valence-corrected chi connectivity index (χ0v) is 17.0. The lowest BCUT2D eigenvalue weighted by molar-refractivity contribution is -0.384. The number of imide groups is 1. The molecule has 3 aromatic carbocycles. The summed E-state index contributed by atoms with van der Waals surface area (Å²) in [6.07, 6.45) is 3.07. The number of ether oxygens (including phenoxy) is 1. The van der Waals surface area contributed by atoms with Crippen molar-refractivity contribution in [3.05, 3.63) is 100 Å². The van der Waals surface area contributed by atoms with E-state index in [2.05, 4.69) is 11.9 Å². The van der Waals surface area contributed by atoms with Gasteiger partial charge in [-0.1, -0.05) is 48.5 Å². The minimum absolute atomic E-state index is 0.0199. The molecule has 1 saturated heterocycles. The van der Waals surface area contributed by atoms with Crippen LogP contribution in [0.25, 0.3) is 16.8 Å². The number of nitrogens with zero attached hydrogens (tertiary/aromatic N) is 2. The molecular weight excluding hydrogens is 410 g/mol. The number of carbonyl (C=O) groups excluding carboxylic acids is 2. The molecular formula is C24H19N3O5. The maximum atomic E-state index is 12.7. The molecule has 32 heavy (non-hydrogen) atoms. The molecule has 8 heteroatoms. The van der Waals surface area contributed by atoms with Gasteiger partial charge in [0.05, 0.1) is 4.92 Å². The summed E-state index contributed by atoms with van der Waals surface area (Å²) >= 11 is 0. The van der Waals surface area contributed by atoms with Crippen molar-refractivity contribution in [3.8, 4) is 5.75 Å². The summed E-state index contributed by atoms with van der Waals surface area (Å²) in [4.78, 5) is 36.4. The molecule has 0 radical (unpaired) electrons. The Kier molecular flexibility index (Phi) is 5.67. The topological polar surface area (TPSA) is 102 Å². The van der Waals surface area contributed by atoms with Gasteiger partial charge in [-0.2, -0.15) is 0 Å². The first-order chi connectivity index (χ1) is 15.5. The molecule has 0 unspecified atom stereocenters. The number of nitro groups is 1. The van der Waals surface area contributed by atoms with Crippen molar-refractivity contribution in [3.63, 3.8) is 0 Å². The number of benzene rings is 3. The second-order valence-corrected chi connectivity index (χ2v) is 7.11. The van der Waals surface area contributed by atoms with Crippen LogP contribution in [0.4, 0.5) is 10.5 Å². The number of amides is 3. The van der Waals surface area contributed by atoms with Crippen molar-refractivity contribution < 1.29 is 19.2 Å². The minimum atomic E-state index is -0.513. The Hall–Kier alpha value is -4.46. The van der Waals surface area contributed by atoms with Gasteiger partial charge in [-0.25, -0.2) is 4.79 Å². The third-order valence-corrected chi connectivity index (χ3v) is 5.01. The number of carbonyl (C=O) groups is 2. The van der Waals surface area contributed by atoms with Crippen molar-refractivity contribution in [1.29, 1.82) is 0 Å². The number of non-ortho nitro benzene ring substituents is 1. The van der Waals surface area contributed by atoms with Gasteiger partial charge < -0.3 is 10.1 Å². The smallest absolute Gasteiger partial charge is 0.329 e. The fourth-order valence-corrected chi connectivity index (χ4v) is 3.48. The summed E-state index contributed by atoms with van der Waals surface area (Å²) in [7, 11) is 0. The Bertz CT molecular complexity index is 1280. The van der Waals surface area contributed by atoms with Crippen LogP contribution in [0, 0.1) is 10.1 Å². The Balaban J connectivity index is 1.71. The lowest BCUT2D eigenvalue weighted by Gasteiger charge is -2.13. The fraction of sp³-hybridized carbons (Fsp3) is 0.0833. The lowest BCUT2D eigenvalue weighted by atomic mass is 10.0. The van der Waals surface area contributed by atoms with E-state index in [1.54, 1.807) is 24.3 Å². The van der Waals surface area contributed by atoms with Crippen molar-refractivity contribution in [2.24, 2.45) is 0 Å². The minimum Gasteiger partial charge on any atom is -0.488 e. The van der Waals surface area contributed by atoms with E-state index in [-0.39, 0.29) is 24.5 Å². The number of nitro benzene ring substituents is 1. The maximum absolute atomic E-state index is 12.7. The van der Waals surface area contributed by atoms with E-state index in [9.17, 15) is 19.7 Å². The average Bonchev–Trinajstić information content (AvgIpc) is 3.06. The van der Waals surface area contributed by atoms with Crippen LogP contribution in [0.1, 0.15) is 11.1 Å². The van der Waals surface area contributed by atoms with E-state index in [1.807, 2.05) is 30.3 Å². The second kappa shape index (κ2) is 8.73. The van der Waals surface area contributed by atoms with Crippen LogP contribution in [-0.2, 0) is 11.4 Å². The molecule has 8 nitrogen and oxygen atoms in total. The molecule has 0 saturated carbocycles. The van der Waals surface area contributed by atoms with Gasteiger partial charge >= 0.3 is 6.03 Å². The van der Waals surface area contributed by atoms with E-state index >= 15 is 0 Å². The van der Waals surface area contributed by atoms with Gasteiger partial charge in [-0.15, -0.1) is 6.58 Å². The highest BCUT2D eigenvalue weighted by Gasteiger charge is 2.32. The highest BCUT2D eigenvalue weighted by molar-refractivity contribution is 6.15. The zero-order valence-electron chi connectivity index (χ0n) is 17.0. The van der Waals surface area contributed by atoms with Crippen LogP contribution in [-0.4, -0.2) is 28.3 Å². The SMILES string of the molecule is C=CCN1C(=O)N/C(=C/c2c(OCc3cccc([N+](=O)[O-])c3)ccc3ccccc23)C1=O. The monoisotopic (exact) mass is 429 g/mol. The van der Waals surface area contributed by atoms with Crippen LogP contribution in [0.3, 0.4) is 0 Å². The fourth-order valence-electron chi connectivity index (χ4n) is 3.48. The van der Waals surface area contributed by atoms with Crippen LogP contribution < -0.4 is 10.1 Å². The molecule has 0 spiro atoms. The first-order valence-electron chi connectivity index (χ1n) is 9.81. The Labute approximate surface area is 183 Å². The van der Waals surface area contributed by atoms with Crippen molar-refractivity contribution in [1.82, 2.24) is 10.2 Å². The van der Waals surface area contributed by atoms with Gasteiger partial charge in [0.15, 0.2) is 0 Å². The summed E-state index contributed by atoms with van der Waals surface area (Å²) in [5, 5.41) is 15.4. The van der Waals surface area contributed by atoms with E-state index in [4.69, 9.17) is 4.74 Å². The lowest BCUT2D eigenvalue weighted by Crippen LogP contribution is -2.30.